The summed E-state index contributed by atoms with van der Waals surface area (Å²) in [7, 11) is 0. The minimum atomic E-state index is -4.58. The van der Waals surface area contributed by atoms with Gasteiger partial charge < -0.3 is 15.5 Å². The number of hydrogen-bond acceptors (Lipinski definition) is 4. The SMILES string of the molecule is CC(=O)NCC(O)C(O)c1cncc(C(F)(F)F)c1. The molecule has 0 aliphatic carbocycles. The Morgan fingerprint density at radius 2 is 2.05 bits per heavy atom. The van der Waals surface area contributed by atoms with E-state index in [1.807, 2.05) is 0 Å². The molecule has 0 aliphatic heterocycles. The van der Waals surface area contributed by atoms with E-state index >= 15 is 0 Å². The van der Waals surface area contributed by atoms with Crippen molar-refractivity contribution in [3.63, 3.8) is 0 Å². The summed E-state index contributed by atoms with van der Waals surface area (Å²) in [5, 5.41) is 21.5. The molecule has 1 aromatic heterocycles. The molecule has 0 saturated carbocycles. The number of aromatic nitrogens is 1. The highest BCUT2D eigenvalue weighted by Crippen LogP contribution is 2.30. The lowest BCUT2D eigenvalue weighted by atomic mass is 10.0. The van der Waals surface area contributed by atoms with Crippen LogP contribution in [0.2, 0.25) is 0 Å². The highest BCUT2D eigenvalue weighted by molar-refractivity contribution is 5.72. The average Bonchev–Trinajstić information content (AvgIpc) is 2.34. The Morgan fingerprint density at radius 1 is 1.42 bits per heavy atom. The van der Waals surface area contributed by atoms with Crippen molar-refractivity contribution >= 4 is 5.91 Å². The summed E-state index contributed by atoms with van der Waals surface area (Å²) in [5.74, 6) is -0.423. The predicted molar refractivity (Wildman–Crippen MR) is 58.9 cm³/mol. The zero-order valence-electron chi connectivity index (χ0n) is 9.98. The van der Waals surface area contributed by atoms with Gasteiger partial charge >= 0.3 is 6.18 Å². The molecule has 2 atom stereocenters. The number of alkyl halides is 3. The van der Waals surface area contributed by atoms with Crippen LogP contribution in [0.4, 0.5) is 13.2 Å². The van der Waals surface area contributed by atoms with Crippen LogP contribution in [0.15, 0.2) is 18.5 Å². The van der Waals surface area contributed by atoms with Gasteiger partial charge in [0, 0.05) is 31.4 Å². The topological polar surface area (TPSA) is 82.5 Å². The van der Waals surface area contributed by atoms with E-state index in [1.54, 1.807) is 0 Å². The largest absolute Gasteiger partial charge is 0.417 e. The van der Waals surface area contributed by atoms with Crippen LogP contribution in [0.1, 0.15) is 24.2 Å². The number of halogens is 3. The van der Waals surface area contributed by atoms with E-state index in [9.17, 15) is 28.2 Å². The van der Waals surface area contributed by atoms with Crippen LogP contribution in [0.25, 0.3) is 0 Å². The van der Waals surface area contributed by atoms with Crippen molar-refractivity contribution in [2.45, 2.75) is 25.3 Å². The van der Waals surface area contributed by atoms with Crippen LogP contribution < -0.4 is 5.32 Å². The quantitative estimate of drug-likeness (QED) is 0.754. The van der Waals surface area contributed by atoms with Crippen molar-refractivity contribution in [3.05, 3.63) is 29.6 Å². The number of nitrogens with zero attached hydrogens (tertiary/aromatic N) is 1. The summed E-state index contributed by atoms with van der Waals surface area (Å²) in [6, 6.07) is 0.703. The van der Waals surface area contributed by atoms with Gasteiger partial charge in [0.15, 0.2) is 0 Å². The third-order valence-corrected chi connectivity index (χ3v) is 2.35. The van der Waals surface area contributed by atoms with Crippen LogP contribution in [-0.2, 0) is 11.0 Å². The smallest absolute Gasteiger partial charge is 0.388 e. The van der Waals surface area contributed by atoms with Crippen molar-refractivity contribution in [2.75, 3.05) is 6.54 Å². The number of aliphatic hydroxyl groups excluding tert-OH is 2. The molecule has 0 saturated heterocycles. The second-order valence-electron chi connectivity index (χ2n) is 3.95. The molecule has 5 nitrogen and oxygen atoms in total. The lowest BCUT2D eigenvalue weighted by Crippen LogP contribution is -2.34. The number of nitrogens with one attached hydrogen (secondary N) is 1. The van der Waals surface area contributed by atoms with Crippen LogP contribution in [0.3, 0.4) is 0 Å². The van der Waals surface area contributed by atoms with Gasteiger partial charge in [-0.25, -0.2) is 0 Å². The van der Waals surface area contributed by atoms with Gasteiger partial charge in [-0.15, -0.1) is 0 Å². The van der Waals surface area contributed by atoms with Crippen LogP contribution >= 0.6 is 0 Å². The molecule has 0 bridgehead atoms. The van der Waals surface area contributed by atoms with Gasteiger partial charge in [-0.05, 0) is 6.07 Å². The lowest BCUT2D eigenvalue weighted by Gasteiger charge is -2.19. The molecule has 0 spiro atoms. The number of carbonyl (C=O) groups excluding carboxylic acids is 1. The standard InChI is InChI=1S/C11H13F3N2O3/c1-6(17)16-5-9(18)10(19)7-2-8(4-15-3-7)11(12,13)14/h2-4,9-10,18-19H,5H2,1H3,(H,16,17). The van der Waals surface area contributed by atoms with Gasteiger partial charge in [0.25, 0.3) is 0 Å². The zero-order chi connectivity index (χ0) is 14.6. The molecule has 0 radical (unpaired) electrons. The molecule has 1 heterocycles. The van der Waals surface area contributed by atoms with Gasteiger partial charge in [-0.2, -0.15) is 13.2 Å². The second-order valence-corrected chi connectivity index (χ2v) is 3.95. The van der Waals surface area contributed by atoms with Crippen molar-refractivity contribution in [2.24, 2.45) is 0 Å². The Labute approximate surface area is 107 Å². The number of pyridine rings is 1. The Morgan fingerprint density at radius 3 is 2.58 bits per heavy atom. The van der Waals surface area contributed by atoms with Crippen molar-refractivity contribution in [1.82, 2.24) is 10.3 Å². The molecule has 106 valence electrons. The molecule has 2 unspecified atom stereocenters. The van der Waals surface area contributed by atoms with Crippen molar-refractivity contribution in [1.29, 1.82) is 0 Å². The first-order valence-corrected chi connectivity index (χ1v) is 5.34. The summed E-state index contributed by atoms with van der Waals surface area (Å²) in [6.07, 6.45) is -5.92. The number of aliphatic hydroxyl groups is 2. The Bertz CT molecular complexity index is 451. The van der Waals surface area contributed by atoms with E-state index in [0.717, 1.165) is 6.20 Å². The van der Waals surface area contributed by atoms with Crippen molar-refractivity contribution < 1.29 is 28.2 Å². The van der Waals surface area contributed by atoms with Crippen LogP contribution in [-0.4, -0.2) is 33.8 Å². The molecule has 8 heteroatoms. The van der Waals surface area contributed by atoms with E-state index in [0.29, 0.717) is 12.3 Å². The Kier molecular flexibility index (Phi) is 4.84. The monoisotopic (exact) mass is 278 g/mol. The molecule has 1 aromatic rings. The zero-order valence-corrected chi connectivity index (χ0v) is 9.98. The maximum Gasteiger partial charge on any atom is 0.417 e. The second kappa shape index (κ2) is 5.98. The van der Waals surface area contributed by atoms with Gasteiger partial charge in [0.2, 0.25) is 5.91 Å². The third kappa shape index (κ3) is 4.49. The number of amides is 1. The van der Waals surface area contributed by atoms with Crippen LogP contribution in [0, 0.1) is 0 Å². The maximum absolute atomic E-state index is 12.4. The van der Waals surface area contributed by atoms with Gasteiger partial charge in [-0.1, -0.05) is 0 Å². The Hall–Kier alpha value is -1.67. The van der Waals surface area contributed by atoms with Gasteiger partial charge in [-0.3, -0.25) is 9.78 Å². The lowest BCUT2D eigenvalue weighted by molar-refractivity contribution is -0.138. The fourth-order valence-corrected chi connectivity index (χ4v) is 1.36. The fourth-order valence-electron chi connectivity index (χ4n) is 1.36. The van der Waals surface area contributed by atoms with Gasteiger partial charge in [0.05, 0.1) is 5.56 Å². The minimum absolute atomic E-state index is 0.173. The first kappa shape index (κ1) is 15.4. The molecule has 19 heavy (non-hydrogen) atoms. The predicted octanol–water partition coefficient (Wildman–Crippen LogP) is 0.631. The van der Waals surface area contributed by atoms with E-state index < -0.39 is 29.9 Å². The number of hydrogen-bond donors (Lipinski definition) is 3. The fraction of sp³-hybridized carbons (Fsp3) is 0.455. The van der Waals surface area contributed by atoms with Gasteiger partial charge in [0.1, 0.15) is 12.2 Å². The third-order valence-electron chi connectivity index (χ3n) is 2.35. The average molecular weight is 278 g/mol. The van der Waals surface area contributed by atoms with E-state index in [2.05, 4.69) is 10.3 Å². The van der Waals surface area contributed by atoms with E-state index in [-0.39, 0.29) is 12.1 Å². The first-order valence-electron chi connectivity index (χ1n) is 5.34. The van der Waals surface area contributed by atoms with E-state index in [4.69, 9.17) is 0 Å². The number of carbonyl (C=O) groups is 1. The summed E-state index contributed by atoms with van der Waals surface area (Å²) >= 11 is 0. The summed E-state index contributed by atoms with van der Waals surface area (Å²) in [4.78, 5) is 14.0. The summed E-state index contributed by atoms with van der Waals surface area (Å²) < 4.78 is 37.3. The van der Waals surface area contributed by atoms with Crippen molar-refractivity contribution in [3.8, 4) is 0 Å². The molecular formula is C11H13F3N2O3. The maximum atomic E-state index is 12.4. The van der Waals surface area contributed by atoms with E-state index in [1.165, 1.54) is 6.92 Å². The summed E-state index contributed by atoms with van der Waals surface area (Å²) in [5.41, 5.74) is -1.19. The first-order chi connectivity index (χ1) is 8.71. The minimum Gasteiger partial charge on any atom is -0.388 e. The van der Waals surface area contributed by atoms with Crippen LogP contribution in [0.5, 0.6) is 0 Å². The molecule has 0 fully saturated rings. The molecule has 3 N–H and O–H groups in total. The molecule has 1 rings (SSSR count). The summed E-state index contributed by atoms with van der Waals surface area (Å²) in [6.45, 7) is 0.942. The highest BCUT2D eigenvalue weighted by Gasteiger charge is 2.32. The molecule has 0 aliphatic rings. The highest BCUT2D eigenvalue weighted by atomic mass is 19.4. The number of rotatable bonds is 4. The molecule has 0 aromatic carbocycles. The molecule has 1 amide bonds. The normalized spacial score (nSPS) is 14.8. The molecular weight excluding hydrogens is 265 g/mol. The Balaban J connectivity index is 2.82.